The molecule has 684 valence electrons. The molecular formula is C102H91N19O13S2. The Morgan fingerprint density at radius 1 is 0.368 bits per heavy atom. The first-order valence-electron chi connectivity index (χ1n) is 42.8. The van der Waals surface area contributed by atoms with Crippen molar-refractivity contribution < 1.29 is 61.9 Å². The number of benzene rings is 1. The summed E-state index contributed by atoms with van der Waals surface area (Å²) in [5, 5.41) is 7.49. The van der Waals surface area contributed by atoms with Crippen LogP contribution in [0.3, 0.4) is 0 Å². The number of hydrogen-bond acceptors (Lipinski definition) is 33. The summed E-state index contributed by atoms with van der Waals surface area (Å²) in [6.45, 7) is 8.00. The number of ether oxygens (including phenoxy) is 7. The van der Waals surface area contributed by atoms with Gasteiger partial charge in [-0.1, -0.05) is 55.7 Å². The van der Waals surface area contributed by atoms with Crippen LogP contribution in [0.4, 0.5) is 0 Å². The van der Waals surface area contributed by atoms with Crippen LogP contribution in [0.25, 0.3) is 0 Å². The fraction of sp³-hybridized carbons (Fsp3) is 0.176. The second-order valence-corrected chi connectivity index (χ2v) is 32.2. The zero-order valence-electron chi connectivity index (χ0n) is 74.8. The van der Waals surface area contributed by atoms with E-state index >= 15 is 0 Å². The Bertz CT molecular complexity index is 6430. The average Bonchev–Trinajstić information content (AvgIpc) is 1.84. The van der Waals surface area contributed by atoms with Crippen molar-refractivity contribution in [3.63, 3.8) is 0 Å². The summed E-state index contributed by atoms with van der Waals surface area (Å²) in [7, 11) is 3.29. The third-order valence-electron chi connectivity index (χ3n) is 19.5. The Morgan fingerprint density at radius 2 is 0.743 bits per heavy atom. The number of methoxy groups -OCH3 is 1. The Morgan fingerprint density at radius 3 is 1.09 bits per heavy atom. The molecule has 0 atom stereocenters. The topological polar surface area (TPSA) is 404 Å². The molecule has 1 aromatic carbocycles. The molecule has 136 heavy (non-hydrogen) atoms. The molecule has 1 fully saturated rings. The maximum Gasteiger partial charge on any atom is 0.213 e. The van der Waals surface area contributed by atoms with Gasteiger partial charge in [0.05, 0.1) is 75.7 Å². The Kier molecular flexibility index (Phi) is 35.9. The summed E-state index contributed by atoms with van der Waals surface area (Å²) in [6.07, 6.45) is 37.0. The van der Waals surface area contributed by atoms with E-state index in [0.717, 1.165) is 40.6 Å². The van der Waals surface area contributed by atoms with Crippen LogP contribution in [0.15, 0.2) is 311 Å². The molecule has 0 radical (unpaired) electrons. The lowest BCUT2D eigenvalue weighted by Gasteiger charge is -2.25. The first kappa shape index (κ1) is 96.7. The summed E-state index contributed by atoms with van der Waals surface area (Å²) in [6, 6.07) is 54.8. The first-order valence-corrected chi connectivity index (χ1v) is 44.5. The van der Waals surface area contributed by atoms with Gasteiger partial charge in [0.2, 0.25) is 5.88 Å². The van der Waals surface area contributed by atoms with E-state index in [1.807, 2.05) is 61.7 Å². The summed E-state index contributed by atoms with van der Waals surface area (Å²) < 4.78 is 44.7. The molecule has 1 aliphatic carbocycles. The number of carbonyl (C=O) groups excluding carboxylic acids is 6. The van der Waals surface area contributed by atoms with Crippen LogP contribution >= 0.6 is 22.9 Å². The van der Waals surface area contributed by atoms with Crippen LogP contribution in [-0.4, -0.2) is 136 Å². The highest BCUT2D eigenvalue weighted by atomic mass is 32.1. The number of thiazole rings is 1. The van der Waals surface area contributed by atoms with Crippen molar-refractivity contribution in [1.82, 2.24) is 93.9 Å². The number of carbonyl (C=O) groups is 6. The Labute approximate surface area is 791 Å². The normalized spacial score (nSPS) is 12.1. The standard InChI is InChI=1S/C19H16N2O2.C19H22N2O2.C18H15N3O3.C16H13N3O2S.C15H13N5O2.C15H12N4O2S/c1-14-4-2-5-15(10-14)11-19(22)18-12-16(7-9-21-18)23-17-6-3-8-20-13-17;1-14-4-6-15(7-5-14)11-19(22)18-12-16(8-10-21-18)23-17-3-2-9-20-13-17;1-23-18-6-2-4-13(21-18)10-17(22)16-11-14(7-9-20-16)24-15-5-3-8-19-12-15;1-11-10-22-16(19-11)8-15(20)14-7-12(4-6-18-14)21-13-3-2-5-17-9-13;1-20-10-18-15(19-20)8-14(21)13-7-11(4-6-17-13)22-12-3-2-5-16-9-12;1-10-18-15(22-19-10)8-14(20)13-7-11(4-6-17-13)21-12-3-2-5-16-9-12/h2-10,12-13H,11H2,1H3;2-3,8-10,12-15H,4-7,11H2,1H3;2-9,11-12H,10H2,1H3;2*2-7,9-10H,8H2,1H3;2-7,9H,8H2,1H3. The predicted octanol–water partition coefficient (Wildman–Crippen LogP) is 19.9. The van der Waals surface area contributed by atoms with Crippen molar-refractivity contribution in [3.05, 3.63) is 390 Å². The van der Waals surface area contributed by atoms with Crippen LogP contribution in [0.5, 0.6) is 74.9 Å². The highest BCUT2D eigenvalue weighted by Crippen LogP contribution is 2.33. The molecule has 34 heteroatoms. The fourth-order valence-corrected chi connectivity index (χ4v) is 14.4. The highest BCUT2D eigenvalue weighted by Gasteiger charge is 2.24. The van der Waals surface area contributed by atoms with Crippen molar-refractivity contribution in [2.24, 2.45) is 18.9 Å². The summed E-state index contributed by atoms with van der Waals surface area (Å²) in [5.41, 5.74) is 5.90. The molecule has 1 saturated carbocycles. The van der Waals surface area contributed by atoms with Crippen molar-refractivity contribution in [3.8, 4) is 74.9 Å². The number of nitrogens with zero attached hydrogens (tertiary/aromatic N) is 19. The molecule has 0 aliphatic heterocycles. The van der Waals surface area contributed by atoms with Gasteiger partial charge in [0.1, 0.15) is 125 Å². The molecule has 17 aromatic rings. The lowest BCUT2D eigenvalue weighted by atomic mass is 9.80. The minimum Gasteiger partial charge on any atom is -0.481 e. The van der Waals surface area contributed by atoms with E-state index in [9.17, 15) is 28.8 Å². The van der Waals surface area contributed by atoms with Crippen LogP contribution < -0.4 is 33.2 Å². The van der Waals surface area contributed by atoms with Crippen molar-refractivity contribution in [2.75, 3.05) is 7.11 Å². The lowest BCUT2D eigenvalue weighted by molar-refractivity contribution is 0.0935. The van der Waals surface area contributed by atoms with Gasteiger partial charge in [-0.3, -0.25) is 93.3 Å². The second kappa shape index (κ2) is 50.5. The summed E-state index contributed by atoms with van der Waals surface area (Å²) in [4.78, 5) is 139. The molecule has 0 spiro atoms. The van der Waals surface area contributed by atoms with Crippen molar-refractivity contribution in [1.29, 1.82) is 0 Å². The van der Waals surface area contributed by atoms with Crippen molar-refractivity contribution >= 4 is 57.6 Å². The molecule has 0 amide bonds. The maximum atomic E-state index is 12.5. The van der Waals surface area contributed by atoms with Gasteiger partial charge in [-0.2, -0.15) is 9.47 Å². The SMILES string of the molecule is CC1CCC(CC(=O)c2cc(Oc3cccnc3)ccn2)CC1.COc1cccc(CC(=O)c2cc(Oc3cccnc3)ccn2)n1.Cc1cccc(CC(=O)c2cc(Oc3cccnc3)ccn2)c1.Cc1csc(CC(=O)c2cc(Oc3cccnc3)ccn2)n1.Cc1nsc(CC(=O)c2cc(Oc3cccnc3)ccn2)n1.Cn1cnc(CC(=O)c2cc(Oc3cccnc3)ccn2)n1. The summed E-state index contributed by atoms with van der Waals surface area (Å²) >= 11 is 2.71. The van der Waals surface area contributed by atoms with Gasteiger partial charge in [0, 0.05) is 148 Å². The number of ketones is 6. The number of aryl methyl sites for hydroxylation is 4. The van der Waals surface area contributed by atoms with E-state index in [2.05, 4.69) is 96.1 Å². The molecule has 0 N–H and O–H groups in total. The number of Topliss-reactive ketones (excluding diaryl/α,β-unsaturated/α-hetero) is 6. The van der Waals surface area contributed by atoms with E-state index < -0.39 is 0 Å². The third kappa shape index (κ3) is 32.0. The Hall–Kier alpha value is -16.9. The van der Waals surface area contributed by atoms with Crippen LogP contribution in [0.2, 0.25) is 0 Å². The van der Waals surface area contributed by atoms with Crippen LogP contribution in [0.1, 0.15) is 146 Å². The largest absolute Gasteiger partial charge is 0.481 e. The molecule has 18 rings (SSSR count). The van der Waals surface area contributed by atoms with Crippen LogP contribution in [-0.2, 0) is 39.2 Å². The fourth-order valence-electron chi connectivity index (χ4n) is 13.0. The average molecular weight is 1860 g/mol. The number of aromatic nitrogens is 19. The van der Waals surface area contributed by atoms with E-state index in [0.29, 0.717) is 150 Å². The minimum atomic E-state index is -0.164. The minimum absolute atomic E-state index is 0.0350. The first-order chi connectivity index (χ1) is 66.3. The zero-order valence-corrected chi connectivity index (χ0v) is 76.4. The van der Waals surface area contributed by atoms with Gasteiger partial charge >= 0.3 is 0 Å². The van der Waals surface area contributed by atoms with E-state index in [1.54, 1.807) is 270 Å². The third-order valence-corrected chi connectivity index (χ3v) is 21.3. The molecule has 0 unspecified atom stereocenters. The highest BCUT2D eigenvalue weighted by molar-refractivity contribution is 7.09. The van der Waals surface area contributed by atoms with E-state index in [4.69, 9.17) is 33.2 Å². The second-order valence-electron chi connectivity index (χ2n) is 30.4. The van der Waals surface area contributed by atoms with Gasteiger partial charge in [0.25, 0.3) is 0 Å². The molecule has 32 nitrogen and oxygen atoms in total. The molecule has 0 saturated heterocycles. The van der Waals surface area contributed by atoms with Gasteiger partial charge in [-0.25, -0.2) is 19.9 Å². The zero-order chi connectivity index (χ0) is 95.0. The quantitative estimate of drug-likeness (QED) is 0.0364. The maximum absolute atomic E-state index is 12.5. The monoisotopic (exact) mass is 1850 g/mol. The van der Waals surface area contributed by atoms with Gasteiger partial charge in [-0.05, 0) is 178 Å². The van der Waals surface area contributed by atoms with Crippen molar-refractivity contribution in [2.45, 2.75) is 91.9 Å². The summed E-state index contributed by atoms with van der Waals surface area (Å²) in [5.74, 6) is 9.51. The van der Waals surface area contributed by atoms with Gasteiger partial charge in [0.15, 0.2) is 40.5 Å². The van der Waals surface area contributed by atoms with Gasteiger partial charge in [-0.15, -0.1) is 11.3 Å². The van der Waals surface area contributed by atoms with E-state index in [1.165, 1.54) is 55.2 Å². The Balaban J connectivity index is 0.000000138. The molecule has 0 bridgehead atoms. The smallest absolute Gasteiger partial charge is 0.213 e. The number of hydrogen-bond donors (Lipinski definition) is 0. The molecular weight excluding hydrogens is 1760 g/mol. The molecule has 16 aromatic heterocycles. The molecule has 1 aliphatic rings. The number of pyridine rings is 13. The number of rotatable bonds is 31. The lowest BCUT2D eigenvalue weighted by Crippen LogP contribution is -2.16. The molecule has 16 heterocycles. The van der Waals surface area contributed by atoms with Crippen LogP contribution in [0, 0.1) is 32.6 Å². The van der Waals surface area contributed by atoms with Gasteiger partial charge < -0.3 is 33.2 Å². The van der Waals surface area contributed by atoms with E-state index in [-0.39, 0.29) is 60.4 Å². The predicted molar refractivity (Wildman–Crippen MR) is 506 cm³/mol.